The number of carbonyl (C=O) groups excluding carboxylic acids is 1. The Bertz CT molecular complexity index is 824. The number of nitrogens with zero attached hydrogens (tertiary/aromatic N) is 1. The normalized spacial score (nSPS) is 10.8. The highest BCUT2D eigenvalue weighted by Gasteiger charge is 2.09. The molecule has 25 heavy (non-hydrogen) atoms. The van der Waals surface area contributed by atoms with Crippen molar-refractivity contribution in [3.63, 3.8) is 0 Å². The van der Waals surface area contributed by atoms with Crippen molar-refractivity contribution in [1.82, 2.24) is 5.32 Å². The predicted molar refractivity (Wildman–Crippen MR) is 98.3 cm³/mol. The Morgan fingerprint density at radius 3 is 2.68 bits per heavy atom. The fourth-order valence-corrected chi connectivity index (χ4v) is 2.32. The van der Waals surface area contributed by atoms with E-state index < -0.39 is 5.91 Å². The van der Waals surface area contributed by atoms with E-state index in [0.29, 0.717) is 18.0 Å². The number of benzene rings is 2. The number of anilines is 1. The average molecular weight is 356 g/mol. The van der Waals surface area contributed by atoms with Gasteiger partial charge in [0.1, 0.15) is 17.4 Å². The van der Waals surface area contributed by atoms with Gasteiger partial charge in [0.15, 0.2) is 0 Å². The highest BCUT2D eigenvalue weighted by Crippen LogP contribution is 2.23. The number of nitrogens with one attached hydrogen (secondary N) is 2. The summed E-state index contributed by atoms with van der Waals surface area (Å²) in [7, 11) is 0. The zero-order valence-electron chi connectivity index (χ0n) is 13.7. The molecule has 3 N–H and O–H groups in total. The van der Waals surface area contributed by atoms with Crippen LogP contribution in [0.1, 0.15) is 11.1 Å². The zero-order valence-corrected chi connectivity index (χ0v) is 14.5. The minimum absolute atomic E-state index is 0.0231. The summed E-state index contributed by atoms with van der Waals surface area (Å²) in [5.74, 6) is -0.252. The Labute approximate surface area is 151 Å². The van der Waals surface area contributed by atoms with Gasteiger partial charge in [-0.25, -0.2) is 0 Å². The number of phenols is 1. The number of hydrogen-bond acceptors (Lipinski definition) is 4. The van der Waals surface area contributed by atoms with Crippen molar-refractivity contribution in [1.29, 1.82) is 5.26 Å². The lowest BCUT2D eigenvalue weighted by Gasteiger charge is -2.08. The number of halogens is 1. The first-order valence-electron chi connectivity index (χ1n) is 7.69. The van der Waals surface area contributed by atoms with Gasteiger partial charge in [-0.1, -0.05) is 29.8 Å². The fraction of sp³-hybridized carbons (Fsp3) is 0.158. The predicted octanol–water partition coefficient (Wildman–Crippen LogP) is 3.53. The third-order valence-corrected chi connectivity index (χ3v) is 4.05. The van der Waals surface area contributed by atoms with Gasteiger partial charge in [0.05, 0.1) is 0 Å². The molecule has 2 aromatic carbocycles. The summed E-state index contributed by atoms with van der Waals surface area (Å²) >= 11 is 6.04. The van der Waals surface area contributed by atoms with Gasteiger partial charge in [0.2, 0.25) is 0 Å². The number of amides is 1. The molecule has 0 heterocycles. The Morgan fingerprint density at radius 1 is 1.28 bits per heavy atom. The monoisotopic (exact) mass is 355 g/mol. The molecule has 128 valence electrons. The minimum atomic E-state index is -0.451. The van der Waals surface area contributed by atoms with E-state index in [-0.39, 0.29) is 11.3 Å². The number of hydrogen-bond donors (Lipinski definition) is 3. The standard InChI is InChI=1S/C19H18ClN3O2/c1-13-17(20)3-2-4-18(13)23-12-15(11-21)19(25)22-10-9-14-5-7-16(24)8-6-14/h2-8,12,23-24H,9-10H2,1H3,(H,22,25)/b15-12-. The maximum absolute atomic E-state index is 12.1. The van der Waals surface area contributed by atoms with Gasteiger partial charge in [-0.15, -0.1) is 0 Å². The smallest absolute Gasteiger partial charge is 0.263 e. The molecule has 2 aromatic rings. The molecule has 2 rings (SSSR count). The van der Waals surface area contributed by atoms with Gasteiger partial charge < -0.3 is 15.7 Å². The third-order valence-electron chi connectivity index (χ3n) is 3.64. The van der Waals surface area contributed by atoms with Gasteiger partial charge in [0.25, 0.3) is 5.91 Å². The van der Waals surface area contributed by atoms with Gasteiger partial charge in [-0.05, 0) is 48.7 Å². The Hall–Kier alpha value is -2.97. The lowest BCUT2D eigenvalue weighted by Crippen LogP contribution is -2.27. The van der Waals surface area contributed by atoms with Crippen LogP contribution in [0.5, 0.6) is 5.75 Å². The summed E-state index contributed by atoms with van der Waals surface area (Å²) in [5, 5.41) is 24.7. The zero-order chi connectivity index (χ0) is 18.2. The van der Waals surface area contributed by atoms with E-state index in [0.717, 1.165) is 16.8 Å². The lowest BCUT2D eigenvalue weighted by molar-refractivity contribution is -0.117. The summed E-state index contributed by atoms with van der Waals surface area (Å²) in [6, 6.07) is 14.0. The Kier molecular flexibility index (Phi) is 6.44. The van der Waals surface area contributed by atoms with Crippen molar-refractivity contribution in [3.05, 3.63) is 70.4 Å². The van der Waals surface area contributed by atoms with E-state index in [2.05, 4.69) is 10.6 Å². The molecule has 0 aliphatic rings. The molecule has 6 heteroatoms. The van der Waals surface area contributed by atoms with Crippen molar-refractivity contribution < 1.29 is 9.90 Å². The molecule has 0 saturated carbocycles. The van der Waals surface area contributed by atoms with Crippen LogP contribution >= 0.6 is 11.6 Å². The maximum Gasteiger partial charge on any atom is 0.263 e. The summed E-state index contributed by atoms with van der Waals surface area (Å²) in [6.45, 7) is 2.24. The number of carbonyl (C=O) groups is 1. The number of aromatic hydroxyl groups is 1. The lowest BCUT2D eigenvalue weighted by atomic mass is 10.1. The Morgan fingerprint density at radius 2 is 2.00 bits per heavy atom. The molecular formula is C19H18ClN3O2. The topological polar surface area (TPSA) is 85.2 Å². The molecule has 1 amide bonds. The van der Waals surface area contributed by atoms with Crippen LogP contribution in [-0.4, -0.2) is 17.6 Å². The first-order chi connectivity index (χ1) is 12.0. The Balaban J connectivity index is 1.92. The molecule has 5 nitrogen and oxygen atoms in total. The van der Waals surface area contributed by atoms with Crippen LogP contribution in [0, 0.1) is 18.3 Å². The molecule has 0 unspecified atom stereocenters. The maximum atomic E-state index is 12.1. The van der Waals surface area contributed by atoms with Crippen molar-refractivity contribution in [2.75, 3.05) is 11.9 Å². The summed E-state index contributed by atoms with van der Waals surface area (Å²) in [4.78, 5) is 12.1. The van der Waals surface area contributed by atoms with Gasteiger partial charge in [-0.2, -0.15) is 5.26 Å². The molecule has 0 spiro atoms. The molecule has 0 aliphatic carbocycles. The summed E-state index contributed by atoms with van der Waals surface area (Å²) in [6.07, 6.45) is 1.97. The second kappa shape index (κ2) is 8.76. The van der Waals surface area contributed by atoms with Crippen LogP contribution in [0.25, 0.3) is 0 Å². The van der Waals surface area contributed by atoms with E-state index in [4.69, 9.17) is 11.6 Å². The minimum Gasteiger partial charge on any atom is -0.508 e. The van der Waals surface area contributed by atoms with Crippen molar-refractivity contribution in [2.45, 2.75) is 13.3 Å². The van der Waals surface area contributed by atoms with E-state index in [1.54, 1.807) is 36.4 Å². The molecule has 0 fully saturated rings. The molecule has 0 radical (unpaired) electrons. The van der Waals surface area contributed by atoms with Crippen LogP contribution in [0.15, 0.2) is 54.2 Å². The van der Waals surface area contributed by atoms with Crippen molar-refractivity contribution >= 4 is 23.2 Å². The summed E-state index contributed by atoms with van der Waals surface area (Å²) < 4.78 is 0. The number of phenolic OH excluding ortho intramolecular Hbond substituents is 1. The first kappa shape index (κ1) is 18.4. The number of rotatable bonds is 6. The van der Waals surface area contributed by atoms with Crippen LogP contribution in [0.4, 0.5) is 5.69 Å². The molecular weight excluding hydrogens is 338 g/mol. The SMILES string of the molecule is Cc1c(Cl)cccc1N/C=C(/C#N)C(=O)NCCc1ccc(O)cc1. The molecule has 0 aromatic heterocycles. The molecule has 0 atom stereocenters. The van der Waals surface area contributed by atoms with Gasteiger partial charge in [0, 0.05) is 23.5 Å². The second-order valence-corrected chi connectivity index (χ2v) is 5.81. The summed E-state index contributed by atoms with van der Waals surface area (Å²) in [5.41, 5.74) is 2.53. The van der Waals surface area contributed by atoms with Crippen LogP contribution in [0.2, 0.25) is 5.02 Å². The van der Waals surface area contributed by atoms with Gasteiger partial charge in [-0.3, -0.25) is 4.79 Å². The van der Waals surface area contributed by atoms with Crippen molar-refractivity contribution in [3.8, 4) is 11.8 Å². The van der Waals surface area contributed by atoms with Crippen LogP contribution in [0.3, 0.4) is 0 Å². The van der Waals surface area contributed by atoms with Gasteiger partial charge >= 0.3 is 0 Å². The first-order valence-corrected chi connectivity index (χ1v) is 8.07. The molecule has 0 saturated heterocycles. The van der Waals surface area contributed by atoms with E-state index in [1.807, 2.05) is 19.1 Å². The molecule has 0 aliphatic heterocycles. The highest BCUT2D eigenvalue weighted by molar-refractivity contribution is 6.31. The average Bonchev–Trinajstić information content (AvgIpc) is 2.60. The molecule has 0 bridgehead atoms. The highest BCUT2D eigenvalue weighted by atomic mass is 35.5. The quantitative estimate of drug-likeness (QED) is 0.546. The second-order valence-electron chi connectivity index (χ2n) is 5.40. The van der Waals surface area contributed by atoms with E-state index in [1.165, 1.54) is 6.20 Å². The largest absolute Gasteiger partial charge is 0.508 e. The number of nitriles is 1. The fourth-order valence-electron chi connectivity index (χ4n) is 2.14. The van der Waals surface area contributed by atoms with Crippen molar-refractivity contribution in [2.24, 2.45) is 0 Å². The third kappa shape index (κ3) is 5.27. The van der Waals surface area contributed by atoms with Crippen LogP contribution in [-0.2, 0) is 11.2 Å². The van der Waals surface area contributed by atoms with E-state index in [9.17, 15) is 15.2 Å². The van der Waals surface area contributed by atoms with E-state index >= 15 is 0 Å². The van der Waals surface area contributed by atoms with Crippen LogP contribution < -0.4 is 10.6 Å².